The van der Waals surface area contributed by atoms with Crippen LogP contribution in [0.3, 0.4) is 0 Å². The summed E-state index contributed by atoms with van der Waals surface area (Å²) in [5.41, 5.74) is 1.39. The summed E-state index contributed by atoms with van der Waals surface area (Å²) in [5, 5.41) is 2.87. The van der Waals surface area contributed by atoms with Crippen LogP contribution >= 0.6 is 11.6 Å². The third kappa shape index (κ3) is 1.92. The van der Waals surface area contributed by atoms with E-state index in [2.05, 4.69) is 5.32 Å². The molecule has 0 radical (unpaired) electrons. The predicted octanol–water partition coefficient (Wildman–Crippen LogP) is 0.753. The van der Waals surface area contributed by atoms with Gasteiger partial charge >= 0.3 is 0 Å². The number of piperazine rings is 1. The van der Waals surface area contributed by atoms with Gasteiger partial charge in [-0.3, -0.25) is 14.4 Å². The number of nitrogens with zero attached hydrogens (tertiary/aromatic N) is 2. The molecule has 104 valence electrons. The smallest absolute Gasteiger partial charge is 0.296 e. The van der Waals surface area contributed by atoms with Gasteiger partial charge < -0.3 is 15.1 Å². The zero-order valence-corrected chi connectivity index (χ0v) is 11.5. The molecule has 20 heavy (non-hydrogen) atoms. The Bertz CT molecular complexity index is 644. The molecule has 2 amide bonds. The van der Waals surface area contributed by atoms with Crippen LogP contribution in [-0.4, -0.2) is 49.2 Å². The van der Waals surface area contributed by atoms with Crippen molar-refractivity contribution < 1.29 is 14.4 Å². The summed E-state index contributed by atoms with van der Waals surface area (Å²) in [6.07, 6.45) is 0. The van der Waals surface area contributed by atoms with Crippen LogP contribution in [0.5, 0.6) is 0 Å². The summed E-state index contributed by atoms with van der Waals surface area (Å²) in [4.78, 5) is 38.2. The fourth-order valence-corrected chi connectivity index (χ4v) is 2.64. The lowest BCUT2D eigenvalue weighted by Crippen LogP contribution is -2.48. The molecule has 6 nitrogen and oxygen atoms in total. The fraction of sp³-hybridized carbons (Fsp3) is 0.308. The van der Waals surface area contributed by atoms with Crippen molar-refractivity contribution in [2.75, 3.05) is 36.9 Å². The molecule has 1 fully saturated rings. The van der Waals surface area contributed by atoms with Gasteiger partial charge in [-0.1, -0.05) is 11.6 Å². The van der Waals surface area contributed by atoms with Gasteiger partial charge in [0.2, 0.25) is 5.91 Å². The van der Waals surface area contributed by atoms with Crippen molar-refractivity contribution in [3.8, 4) is 0 Å². The molecule has 1 aromatic carbocycles. The second kappa shape index (κ2) is 4.49. The maximum absolute atomic E-state index is 11.7. The van der Waals surface area contributed by atoms with Crippen LogP contribution in [0.15, 0.2) is 12.1 Å². The summed E-state index contributed by atoms with van der Waals surface area (Å²) in [7, 11) is 1.75. The second-order valence-electron chi connectivity index (χ2n) is 4.87. The summed E-state index contributed by atoms with van der Waals surface area (Å²) in [6.45, 7) is 1.50. The molecular weight excluding hydrogens is 282 g/mol. The van der Waals surface area contributed by atoms with Crippen LogP contribution in [0.2, 0.25) is 5.02 Å². The Morgan fingerprint density at radius 3 is 2.65 bits per heavy atom. The number of hydrogen-bond donors (Lipinski definition) is 1. The normalized spacial score (nSPS) is 18.4. The first kappa shape index (κ1) is 12.9. The lowest BCUT2D eigenvalue weighted by molar-refractivity contribution is -0.129. The second-order valence-corrected chi connectivity index (χ2v) is 5.28. The monoisotopic (exact) mass is 293 g/mol. The number of likely N-dealkylation sites (N-methyl/N-ethyl adjacent to an activating group) is 1. The number of ketones is 1. The van der Waals surface area contributed by atoms with Crippen LogP contribution in [0, 0.1) is 0 Å². The Hall–Kier alpha value is -2.08. The number of halogens is 1. The average molecular weight is 294 g/mol. The Morgan fingerprint density at radius 1 is 1.20 bits per heavy atom. The van der Waals surface area contributed by atoms with Crippen LogP contribution in [0.4, 0.5) is 11.4 Å². The highest BCUT2D eigenvalue weighted by Crippen LogP contribution is 2.35. The zero-order chi connectivity index (χ0) is 14.4. The molecule has 2 heterocycles. The zero-order valence-electron chi connectivity index (χ0n) is 10.8. The van der Waals surface area contributed by atoms with E-state index in [1.54, 1.807) is 18.0 Å². The number of benzene rings is 1. The topological polar surface area (TPSA) is 69.7 Å². The molecule has 3 rings (SSSR count). The van der Waals surface area contributed by atoms with Gasteiger partial charge in [0.15, 0.2) is 0 Å². The number of carbonyl (C=O) groups excluding carboxylic acids is 3. The van der Waals surface area contributed by atoms with Crippen LogP contribution < -0.4 is 10.2 Å². The number of Topliss-reactive ketones (excluding diaryl/α,β-unsaturated/α-hetero) is 1. The quantitative estimate of drug-likeness (QED) is 0.776. The van der Waals surface area contributed by atoms with Crippen molar-refractivity contribution in [1.82, 2.24) is 4.90 Å². The van der Waals surface area contributed by atoms with Gasteiger partial charge in [-0.05, 0) is 12.1 Å². The highest BCUT2D eigenvalue weighted by molar-refractivity contribution is 6.52. The molecule has 0 aliphatic carbocycles. The maximum Gasteiger partial charge on any atom is 0.296 e. The van der Waals surface area contributed by atoms with E-state index >= 15 is 0 Å². The van der Waals surface area contributed by atoms with E-state index in [9.17, 15) is 14.4 Å². The molecule has 0 aromatic heterocycles. The van der Waals surface area contributed by atoms with Gasteiger partial charge in [-0.15, -0.1) is 0 Å². The van der Waals surface area contributed by atoms with Gasteiger partial charge in [0.1, 0.15) is 0 Å². The van der Waals surface area contributed by atoms with E-state index in [4.69, 9.17) is 11.6 Å². The summed E-state index contributed by atoms with van der Waals surface area (Å²) >= 11 is 6.18. The number of fused-ring (bicyclic) bond motifs is 1. The Balaban J connectivity index is 1.96. The van der Waals surface area contributed by atoms with Gasteiger partial charge in [-0.2, -0.15) is 0 Å². The van der Waals surface area contributed by atoms with E-state index in [1.165, 1.54) is 6.07 Å². The van der Waals surface area contributed by atoms with Gasteiger partial charge in [0, 0.05) is 20.1 Å². The van der Waals surface area contributed by atoms with E-state index < -0.39 is 11.7 Å². The number of rotatable bonds is 1. The minimum absolute atomic E-state index is 0.00734. The van der Waals surface area contributed by atoms with Gasteiger partial charge in [-0.25, -0.2) is 0 Å². The predicted molar refractivity (Wildman–Crippen MR) is 74.3 cm³/mol. The number of anilines is 2. The first-order valence-electron chi connectivity index (χ1n) is 6.15. The van der Waals surface area contributed by atoms with Crippen molar-refractivity contribution in [3.63, 3.8) is 0 Å². The minimum Gasteiger partial charge on any atom is -0.359 e. The minimum atomic E-state index is -0.650. The standard InChI is InChI=1S/C13H12ClN3O3/c1-16-2-3-17(6-11(16)18)10-5-9-7(4-8(10)14)12(19)13(20)15-9/h4-5H,2-3,6H2,1H3,(H,15,19,20). The molecule has 1 N–H and O–H groups in total. The molecular formula is C13H12ClN3O3. The van der Waals surface area contributed by atoms with Gasteiger partial charge in [0.05, 0.1) is 28.5 Å². The Kier molecular flexibility index (Phi) is 2.90. The molecule has 2 aliphatic rings. The number of amides is 2. The number of nitrogens with one attached hydrogen (secondary N) is 1. The van der Waals surface area contributed by atoms with Crippen molar-refractivity contribution in [1.29, 1.82) is 0 Å². The summed E-state index contributed by atoms with van der Waals surface area (Å²) in [6, 6.07) is 3.13. The highest BCUT2D eigenvalue weighted by Gasteiger charge is 2.31. The summed E-state index contributed by atoms with van der Waals surface area (Å²) < 4.78 is 0. The SMILES string of the molecule is CN1CCN(c2cc3c(cc2Cl)C(=O)C(=O)N3)CC1=O. The van der Waals surface area contributed by atoms with E-state index in [-0.39, 0.29) is 18.0 Å². The molecule has 2 aliphatic heterocycles. The lowest BCUT2D eigenvalue weighted by atomic mass is 10.1. The molecule has 0 bridgehead atoms. The van der Waals surface area contributed by atoms with Crippen LogP contribution in [0.1, 0.15) is 10.4 Å². The van der Waals surface area contributed by atoms with Gasteiger partial charge in [0.25, 0.3) is 11.7 Å². The van der Waals surface area contributed by atoms with E-state index in [0.29, 0.717) is 29.5 Å². The van der Waals surface area contributed by atoms with Crippen molar-refractivity contribution in [2.45, 2.75) is 0 Å². The molecule has 1 aromatic rings. The highest BCUT2D eigenvalue weighted by atomic mass is 35.5. The van der Waals surface area contributed by atoms with Crippen LogP contribution in [0.25, 0.3) is 0 Å². The number of hydrogen-bond acceptors (Lipinski definition) is 4. The van der Waals surface area contributed by atoms with Crippen LogP contribution in [-0.2, 0) is 9.59 Å². The molecule has 0 atom stereocenters. The lowest BCUT2D eigenvalue weighted by Gasteiger charge is -2.34. The molecule has 7 heteroatoms. The average Bonchev–Trinajstić information content (AvgIpc) is 2.68. The number of carbonyl (C=O) groups is 3. The van der Waals surface area contributed by atoms with Crippen molar-refractivity contribution in [2.24, 2.45) is 0 Å². The largest absolute Gasteiger partial charge is 0.359 e. The third-order valence-electron chi connectivity index (χ3n) is 3.58. The molecule has 0 spiro atoms. The fourth-order valence-electron chi connectivity index (χ4n) is 2.36. The van der Waals surface area contributed by atoms with Crippen molar-refractivity contribution >= 4 is 40.6 Å². The van der Waals surface area contributed by atoms with E-state index in [1.807, 2.05) is 4.90 Å². The maximum atomic E-state index is 11.7. The summed E-state index contributed by atoms with van der Waals surface area (Å²) in [5.74, 6) is -1.22. The Labute approximate surface area is 120 Å². The first-order chi connectivity index (χ1) is 9.47. The molecule has 0 unspecified atom stereocenters. The van der Waals surface area contributed by atoms with Crippen molar-refractivity contribution in [3.05, 3.63) is 22.7 Å². The Morgan fingerprint density at radius 2 is 1.95 bits per heavy atom. The first-order valence-corrected chi connectivity index (χ1v) is 6.53. The molecule has 0 saturated carbocycles. The molecule has 1 saturated heterocycles. The van der Waals surface area contributed by atoms with E-state index in [0.717, 1.165) is 0 Å². The third-order valence-corrected chi connectivity index (χ3v) is 3.89.